The van der Waals surface area contributed by atoms with Crippen molar-refractivity contribution in [2.24, 2.45) is 34.5 Å². The summed E-state index contributed by atoms with van der Waals surface area (Å²) in [6.45, 7) is 10.4. The van der Waals surface area contributed by atoms with E-state index in [0.29, 0.717) is 6.42 Å². The van der Waals surface area contributed by atoms with Crippen LogP contribution in [0.1, 0.15) is 48.0 Å². The minimum absolute atomic E-state index is 0.00620. The smallest absolute Gasteiger partial charge is 0.303 e. The van der Waals surface area contributed by atoms with E-state index in [0.717, 1.165) is 0 Å². The minimum atomic E-state index is -1.06. The van der Waals surface area contributed by atoms with Crippen LogP contribution < -0.4 is 0 Å². The normalized spacial score (nSPS) is 47.3. The van der Waals surface area contributed by atoms with Gasteiger partial charge in [0.25, 0.3) is 0 Å². The Hall–Kier alpha value is -1.43. The van der Waals surface area contributed by atoms with Gasteiger partial charge in [0.05, 0.1) is 0 Å². The third kappa shape index (κ3) is 2.29. The van der Waals surface area contributed by atoms with Crippen molar-refractivity contribution in [2.75, 3.05) is 0 Å². The van der Waals surface area contributed by atoms with Gasteiger partial charge in [-0.25, -0.2) is 0 Å². The second-order valence-corrected chi connectivity index (χ2v) is 8.91. The second-order valence-electron chi connectivity index (χ2n) is 8.91. The van der Waals surface area contributed by atoms with Crippen LogP contribution in [0.3, 0.4) is 0 Å². The number of Topliss-reactive ketones (excluding diaryl/α,β-unsaturated/α-hetero) is 1. The predicted molar refractivity (Wildman–Crippen MR) is 88.3 cm³/mol. The molecule has 6 heteroatoms. The summed E-state index contributed by atoms with van der Waals surface area (Å²) in [5.74, 6) is -0.917. The number of fused-ring (bicyclic) bond motifs is 3. The molecule has 4 aliphatic carbocycles. The molecule has 0 amide bonds. The van der Waals surface area contributed by atoms with Crippen molar-refractivity contribution in [3.8, 4) is 0 Å². The molecule has 0 aromatic carbocycles. The van der Waals surface area contributed by atoms with Crippen molar-refractivity contribution in [1.29, 1.82) is 0 Å². The number of ether oxygens (including phenoxy) is 2. The molecule has 140 valence electrons. The summed E-state index contributed by atoms with van der Waals surface area (Å²) in [7, 11) is 0. The van der Waals surface area contributed by atoms with Gasteiger partial charge < -0.3 is 14.6 Å². The zero-order chi connectivity index (χ0) is 18.9. The molecular formula is C19H28O6. The maximum absolute atomic E-state index is 12.8. The molecule has 0 aliphatic heterocycles. The first kappa shape index (κ1) is 18.4. The molecule has 4 rings (SSSR count). The molecule has 0 heterocycles. The first-order valence-corrected chi connectivity index (χ1v) is 8.99. The molecule has 1 N–H and O–H groups in total. The molecule has 25 heavy (non-hydrogen) atoms. The van der Waals surface area contributed by atoms with Crippen molar-refractivity contribution < 1.29 is 29.0 Å². The van der Waals surface area contributed by atoms with Crippen molar-refractivity contribution in [1.82, 2.24) is 0 Å². The Morgan fingerprint density at radius 1 is 1.08 bits per heavy atom. The maximum atomic E-state index is 12.8. The lowest BCUT2D eigenvalue weighted by atomic mass is 9.35. The monoisotopic (exact) mass is 352 g/mol. The van der Waals surface area contributed by atoms with E-state index in [4.69, 9.17) is 9.47 Å². The first-order chi connectivity index (χ1) is 11.4. The molecule has 4 bridgehead atoms. The number of aliphatic hydroxyl groups is 1. The molecule has 4 saturated carbocycles. The molecule has 0 radical (unpaired) electrons. The van der Waals surface area contributed by atoms with Crippen molar-refractivity contribution in [3.63, 3.8) is 0 Å². The minimum Gasteiger partial charge on any atom is -0.458 e. The van der Waals surface area contributed by atoms with Crippen LogP contribution in [-0.2, 0) is 23.9 Å². The highest BCUT2D eigenvalue weighted by Gasteiger charge is 2.77. The van der Waals surface area contributed by atoms with Crippen LogP contribution in [0.2, 0.25) is 0 Å². The summed E-state index contributed by atoms with van der Waals surface area (Å²) < 4.78 is 11.0. The van der Waals surface area contributed by atoms with Crippen LogP contribution in [0, 0.1) is 34.5 Å². The lowest BCUT2D eigenvalue weighted by Crippen LogP contribution is -2.70. The zero-order valence-corrected chi connectivity index (χ0v) is 15.7. The number of esters is 2. The van der Waals surface area contributed by atoms with Gasteiger partial charge in [-0.3, -0.25) is 14.4 Å². The molecule has 8 atom stereocenters. The van der Waals surface area contributed by atoms with Gasteiger partial charge in [0.1, 0.15) is 18.0 Å². The largest absolute Gasteiger partial charge is 0.458 e. The Kier molecular flexibility index (Phi) is 4.06. The van der Waals surface area contributed by atoms with Gasteiger partial charge in [-0.2, -0.15) is 0 Å². The number of hydrogen-bond acceptors (Lipinski definition) is 6. The third-order valence-corrected chi connectivity index (χ3v) is 7.05. The van der Waals surface area contributed by atoms with E-state index >= 15 is 0 Å². The van der Waals surface area contributed by atoms with Crippen molar-refractivity contribution in [2.45, 2.75) is 66.3 Å². The van der Waals surface area contributed by atoms with E-state index < -0.39 is 41.1 Å². The predicted octanol–water partition coefficient (Wildman–Crippen LogP) is 1.73. The highest BCUT2D eigenvalue weighted by Crippen LogP contribution is 2.72. The molecule has 4 fully saturated rings. The summed E-state index contributed by atoms with van der Waals surface area (Å²) in [6.07, 6.45) is -2.31. The highest BCUT2D eigenvalue weighted by atomic mass is 16.6. The van der Waals surface area contributed by atoms with Crippen LogP contribution in [0.25, 0.3) is 0 Å². The third-order valence-electron chi connectivity index (χ3n) is 7.05. The van der Waals surface area contributed by atoms with Gasteiger partial charge >= 0.3 is 11.9 Å². The van der Waals surface area contributed by atoms with Crippen LogP contribution in [-0.4, -0.2) is 41.1 Å². The second kappa shape index (κ2) is 5.53. The molecule has 0 spiro atoms. The molecule has 6 nitrogen and oxygen atoms in total. The topological polar surface area (TPSA) is 89.9 Å². The Balaban J connectivity index is 2.14. The molecule has 0 aromatic heterocycles. The summed E-state index contributed by atoms with van der Waals surface area (Å²) in [5, 5.41) is 11.2. The Labute approximate surface area is 148 Å². The van der Waals surface area contributed by atoms with Crippen LogP contribution in [0.15, 0.2) is 0 Å². The maximum Gasteiger partial charge on any atom is 0.303 e. The number of aliphatic hydroxyl groups excluding tert-OH is 1. The van der Waals surface area contributed by atoms with Crippen molar-refractivity contribution in [3.05, 3.63) is 0 Å². The van der Waals surface area contributed by atoms with Gasteiger partial charge in [0, 0.05) is 37.0 Å². The lowest BCUT2D eigenvalue weighted by Gasteiger charge is -2.68. The average Bonchev–Trinajstić information content (AvgIpc) is 2.52. The number of carbonyl (C=O) groups is 3. The van der Waals surface area contributed by atoms with Gasteiger partial charge in [-0.05, 0) is 17.8 Å². The van der Waals surface area contributed by atoms with E-state index in [-0.39, 0.29) is 29.5 Å². The lowest BCUT2D eigenvalue weighted by molar-refractivity contribution is -0.236. The average molecular weight is 352 g/mol. The summed E-state index contributed by atoms with van der Waals surface area (Å²) in [6, 6.07) is 0. The standard InChI is InChI=1S/C19H28O6/c1-8-7-11(22)13-14-12(8)19(13,6)16(23)15(24-9(2)20)17(18(14,4)5)25-10(3)21/h8,12-17,23H,7H2,1-6H3/t8-,12+,13?,14+,15+,16-,17-,19+/m1/s1. The SMILES string of the molecule is CC(=O)O[C@@H]1[C@@H](OC(C)=O)C(C)(C)[C@@H]2C3C(=O)C[C@@H](C)[C@@H]2[C@]3(C)[C@@H]1O. The molecule has 0 aromatic rings. The van der Waals surface area contributed by atoms with Gasteiger partial charge in [0.2, 0.25) is 0 Å². The number of ketones is 1. The van der Waals surface area contributed by atoms with Gasteiger partial charge in [-0.15, -0.1) is 0 Å². The number of carbonyl (C=O) groups excluding carboxylic acids is 3. The first-order valence-electron chi connectivity index (χ1n) is 8.99. The molecule has 1 unspecified atom stereocenters. The fourth-order valence-corrected chi connectivity index (χ4v) is 6.28. The summed E-state index contributed by atoms with van der Waals surface area (Å²) in [5.41, 5.74) is -1.26. The zero-order valence-electron chi connectivity index (χ0n) is 15.7. The fourth-order valence-electron chi connectivity index (χ4n) is 6.28. The quantitative estimate of drug-likeness (QED) is 0.761. The molecule has 4 aliphatic rings. The Morgan fingerprint density at radius 2 is 1.64 bits per heavy atom. The van der Waals surface area contributed by atoms with E-state index in [1.165, 1.54) is 13.8 Å². The van der Waals surface area contributed by atoms with Gasteiger partial charge in [-0.1, -0.05) is 27.7 Å². The van der Waals surface area contributed by atoms with E-state index in [1.54, 1.807) is 0 Å². The van der Waals surface area contributed by atoms with Crippen LogP contribution in [0.5, 0.6) is 0 Å². The Bertz CT molecular complexity index is 625. The van der Waals surface area contributed by atoms with Gasteiger partial charge in [0.15, 0.2) is 6.10 Å². The van der Waals surface area contributed by atoms with Crippen molar-refractivity contribution >= 4 is 17.7 Å². The number of hydrogen-bond donors (Lipinski definition) is 1. The van der Waals surface area contributed by atoms with Crippen LogP contribution >= 0.6 is 0 Å². The molecular weight excluding hydrogens is 324 g/mol. The fraction of sp³-hybridized carbons (Fsp3) is 0.842. The van der Waals surface area contributed by atoms with E-state index in [1.807, 2.05) is 27.7 Å². The Morgan fingerprint density at radius 3 is 2.12 bits per heavy atom. The van der Waals surface area contributed by atoms with E-state index in [2.05, 4.69) is 0 Å². The highest BCUT2D eigenvalue weighted by molar-refractivity contribution is 5.86. The van der Waals surface area contributed by atoms with E-state index in [9.17, 15) is 19.5 Å². The number of rotatable bonds is 2. The van der Waals surface area contributed by atoms with Crippen LogP contribution in [0.4, 0.5) is 0 Å². The summed E-state index contributed by atoms with van der Waals surface area (Å²) >= 11 is 0. The molecule has 0 saturated heterocycles. The summed E-state index contributed by atoms with van der Waals surface area (Å²) in [4.78, 5) is 36.2.